The fourth-order valence-corrected chi connectivity index (χ4v) is 1.86. The van der Waals surface area contributed by atoms with Crippen molar-refractivity contribution >= 4 is 11.8 Å². The van der Waals surface area contributed by atoms with Crippen molar-refractivity contribution in [1.82, 2.24) is 0 Å². The van der Waals surface area contributed by atoms with E-state index in [1.54, 1.807) is 7.05 Å². The van der Waals surface area contributed by atoms with Gasteiger partial charge in [0.25, 0.3) is 0 Å². The molecular weight excluding hydrogens is 218 g/mol. The van der Waals surface area contributed by atoms with Crippen molar-refractivity contribution in [2.24, 2.45) is 4.99 Å². The average molecular weight is 235 g/mol. The molecule has 0 aliphatic carbocycles. The van der Waals surface area contributed by atoms with Crippen molar-refractivity contribution in [2.45, 2.75) is 6.42 Å². The summed E-state index contributed by atoms with van der Waals surface area (Å²) in [4.78, 5) is 4.13. The van der Waals surface area contributed by atoms with Gasteiger partial charge in [0, 0.05) is 13.3 Å². The van der Waals surface area contributed by atoms with E-state index in [1.807, 2.05) is 18.3 Å². The zero-order valence-corrected chi connectivity index (χ0v) is 10.6. The van der Waals surface area contributed by atoms with Crippen LogP contribution in [0.3, 0.4) is 0 Å². The van der Waals surface area contributed by atoms with Crippen molar-refractivity contribution in [1.29, 1.82) is 0 Å². The van der Waals surface area contributed by atoms with Crippen LogP contribution in [0.4, 0.5) is 0 Å². The minimum atomic E-state index is 0.928. The van der Waals surface area contributed by atoms with E-state index in [9.17, 15) is 0 Å². The highest BCUT2D eigenvalue weighted by Gasteiger charge is 1.97. The molecule has 0 spiro atoms. The van der Waals surface area contributed by atoms with Crippen molar-refractivity contribution < 1.29 is 0 Å². The summed E-state index contributed by atoms with van der Waals surface area (Å²) in [5.74, 6) is 0. The van der Waals surface area contributed by atoms with Gasteiger partial charge in [-0.15, -0.1) is 0 Å². The van der Waals surface area contributed by atoms with Crippen LogP contribution in [-0.4, -0.2) is 13.3 Å². The number of aliphatic imine (C=N–C) groups is 1. The van der Waals surface area contributed by atoms with Crippen molar-refractivity contribution in [3.63, 3.8) is 0 Å². The van der Waals surface area contributed by atoms with Crippen LogP contribution in [0.1, 0.15) is 11.1 Å². The first kappa shape index (κ1) is 12.3. The third-order valence-electron chi connectivity index (χ3n) is 2.78. The van der Waals surface area contributed by atoms with Crippen molar-refractivity contribution in [3.05, 3.63) is 77.9 Å². The molecule has 0 saturated carbocycles. The number of nitrogens with zero attached hydrogens (tertiary/aromatic N) is 1. The predicted octanol–water partition coefficient (Wildman–Crippen LogP) is 4.01. The van der Waals surface area contributed by atoms with Crippen molar-refractivity contribution in [3.8, 4) is 0 Å². The average Bonchev–Trinajstić information content (AvgIpc) is 2.45. The van der Waals surface area contributed by atoms with Crippen LogP contribution in [0.5, 0.6) is 0 Å². The molecule has 0 aromatic heterocycles. The molecule has 2 aromatic carbocycles. The zero-order valence-electron chi connectivity index (χ0n) is 10.6. The first-order chi connectivity index (χ1) is 8.90. The summed E-state index contributed by atoms with van der Waals surface area (Å²) in [6, 6.07) is 20.8. The SMILES string of the molecule is CN=C/C(=C\Cc1ccccc1)c1ccccc1. The van der Waals surface area contributed by atoms with Gasteiger partial charge in [0.05, 0.1) is 0 Å². The topological polar surface area (TPSA) is 12.4 Å². The Morgan fingerprint density at radius 2 is 1.56 bits per heavy atom. The van der Waals surface area contributed by atoms with Crippen LogP contribution >= 0.6 is 0 Å². The minimum Gasteiger partial charge on any atom is -0.296 e. The molecule has 0 heterocycles. The molecule has 0 bridgehead atoms. The van der Waals surface area contributed by atoms with Gasteiger partial charge in [-0.2, -0.15) is 0 Å². The molecule has 0 unspecified atom stereocenters. The molecule has 0 fully saturated rings. The normalized spacial score (nSPS) is 11.9. The smallest absolute Gasteiger partial charge is 0.0284 e. The molecule has 0 saturated heterocycles. The maximum absolute atomic E-state index is 4.13. The van der Waals surface area contributed by atoms with E-state index in [4.69, 9.17) is 0 Å². The molecule has 0 radical (unpaired) electrons. The van der Waals surface area contributed by atoms with E-state index >= 15 is 0 Å². The minimum absolute atomic E-state index is 0.928. The number of allylic oxidation sites excluding steroid dienone is 2. The lowest BCUT2D eigenvalue weighted by Gasteiger charge is -2.02. The molecule has 18 heavy (non-hydrogen) atoms. The van der Waals surface area contributed by atoms with Gasteiger partial charge in [0.2, 0.25) is 0 Å². The Balaban J connectivity index is 2.21. The molecule has 1 nitrogen and oxygen atoms in total. The van der Waals surface area contributed by atoms with Gasteiger partial charge in [0.15, 0.2) is 0 Å². The molecule has 0 amide bonds. The fraction of sp³-hybridized carbons (Fsp3) is 0.118. The first-order valence-electron chi connectivity index (χ1n) is 6.12. The highest BCUT2D eigenvalue weighted by atomic mass is 14.6. The van der Waals surface area contributed by atoms with E-state index in [1.165, 1.54) is 16.7 Å². The van der Waals surface area contributed by atoms with Crippen LogP contribution in [0.15, 0.2) is 71.7 Å². The van der Waals surface area contributed by atoms with Gasteiger partial charge >= 0.3 is 0 Å². The second-order valence-corrected chi connectivity index (χ2v) is 4.10. The molecule has 0 N–H and O–H groups in total. The van der Waals surface area contributed by atoms with Gasteiger partial charge in [-0.3, -0.25) is 4.99 Å². The number of rotatable bonds is 4. The monoisotopic (exact) mass is 235 g/mol. The van der Waals surface area contributed by atoms with Gasteiger partial charge < -0.3 is 0 Å². The van der Waals surface area contributed by atoms with E-state index in [0.717, 1.165) is 6.42 Å². The van der Waals surface area contributed by atoms with Gasteiger partial charge in [-0.05, 0) is 23.1 Å². The summed E-state index contributed by atoms with van der Waals surface area (Å²) in [5.41, 5.74) is 3.69. The van der Waals surface area contributed by atoms with E-state index in [0.29, 0.717) is 0 Å². The van der Waals surface area contributed by atoms with Crippen LogP contribution in [0.2, 0.25) is 0 Å². The third kappa shape index (κ3) is 3.42. The van der Waals surface area contributed by atoms with Gasteiger partial charge in [0.1, 0.15) is 0 Å². The van der Waals surface area contributed by atoms with E-state index in [-0.39, 0.29) is 0 Å². The standard InChI is InChI=1S/C17H17N/c1-18-14-17(16-10-6-3-7-11-16)13-12-15-8-4-2-5-9-15/h2-11,13-14H,12H2,1H3/b17-13+,18-14?. The Morgan fingerprint density at radius 3 is 2.17 bits per heavy atom. The second-order valence-electron chi connectivity index (χ2n) is 4.10. The molecule has 0 aliphatic heterocycles. The van der Waals surface area contributed by atoms with E-state index in [2.05, 4.69) is 59.6 Å². The van der Waals surface area contributed by atoms with Crippen LogP contribution in [0.25, 0.3) is 5.57 Å². The molecule has 0 aliphatic rings. The summed E-state index contributed by atoms with van der Waals surface area (Å²) in [6.07, 6.45) is 5.06. The molecule has 1 heteroatoms. The Hall–Kier alpha value is -2.15. The van der Waals surface area contributed by atoms with Crippen molar-refractivity contribution in [2.75, 3.05) is 7.05 Å². The zero-order chi connectivity index (χ0) is 12.6. The molecule has 2 aromatic rings. The van der Waals surface area contributed by atoms with Crippen LogP contribution in [-0.2, 0) is 6.42 Å². The number of hydrogen-bond acceptors (Lipinski definition) is 1. The molecule has 2 rings (SSSR count). The fourth-order valence-electron chi connectivity index (χ4n) is 1.86. The highest BCUT2D eigenvalue weighted by Crippen LogP contribution is 2.13. The van der Waals surface area contributed by atoms with Gasteiger partial charge in [-0.25, -0.2) is 0 Å². The Bertz CT molecular complexity index is 524. The van der Waals surface area contributed by atoms with E-state index < -0.39 is 0 Å². The molecule has 0 atom stereocenters. The summed E-state index contributed by atoms with van der Waals surface area (Å²) in [5, 5.41) is 0. The largest absolute Gasteiger partial charge is 0.296 e. The predicted molar refractivity (Wildman–Crippen MR) is 79.0 cm³/mol. The summed E-state index contributed by atoms with van der Waals surface area (Å²) >= 11 is 0. The van der Waals surface area contributed by atoms with Crippen LogP contribution in [0, 0.1) is 0 Å². The summed E-state index contributed by atoms with van der Waals surface area (Å²) < 4.78 is 0. The van der Waals surface area contributed by atoms with Gasteiger partial charge in [-0.1, -0.05) is 66.7 Å². The Labute approximate surface area is 109 Å². The second kappa shape index (κ2) is 6.55. The molecular formula is C17H17N. The maximum atomic E-state index is 4.13. The lowest BCUT2D eigenvalue weighted by molar-refractivity contribution is 1.27. The highest BCUT2D eigenvalue weighted by molar-refractivity contribution is 6.09. The third-order valence-corrected chi connectivity index (χ3v) is 2.78. The quantitative estimate of drug-likeness (QED) is 0.710. The maximum Gasteiger partial charge on any atom is 0.0284 e. The van der Waals surface area contributed by atoms with Crippen LogP contribution < -0.4 is 0 Å². The summed E-state index contributed by atoms with van der Waals surface area (Å²) in [7, 11) is 1.80. The molecule has 90 valence electrons. The Kier molecular flexibility index (Phi) is 4.48. The number of benzene rings is 2. The lowest BCUT2D eigenvalue weighted by atomic mass is 10.0. The Morgan fingerprint density at radius 1 is 0.944 bits per heavy atom. The number of hydrogen-bond donors (Lipinski definition) is 0. The summed E-state index contributed by atoms with van der Waals surface area (Å²) in [6.45, 7) is 0. The lowest BCUT2D eigenvalue weighted by Crippen LogP contribution is -1.88. The first-order valence-corrected chi connectivity index (χ1v) is 6.12.